The molecule has 3 rings (SSSR count). The summed E-state index contributed by atoms with van der Waals surface area (Å²) in [6, 6.07) is 7.45. The number of aliphatic imine (C=N–C) groups is 1. The first-order valence-corrected chi connectivity index (χ1v) is 11.7. The molecule has 1 saturated carbocycles. The van der Waals surface area contributed by atoms with Crippen LogP contribution in [0.25, 0.3) is 0 Å². The van der Waals surface area contributed by atoms with Gasteiger partial charge in [-0.05, 0) is 36.5 Å². The van der Waals surface area contributed by atoms with Crippen molar-refractivity contribution in [3.05, 3.63) is 34.9 Å². The van der Waals surface area contributed by atoms with Crippen LogP contribution >= 0.6 is 11.6 Å². The number of piperazine rings is 1. The molecule has 1 saturated heterocycles. The van der Waals surface area contributed by atoms with E-state index in [2.05, 4.69) is 20.5 Å². The first kappa shape index (κ1) is 23.4. The summed E-state index contributed by atoms with van der Waals surface area (Å²) in [6.45, 7) is 4.01. The summed E-state index contributed by atoms with van der Waals surface area (Å²) in [6.07, 6.45) is 5.91. The highest BCUT2D eigenvalue weighted by atomic mass is 35.5. The van der Waals surface area contributed by atoms with Crippen molar-refractivity contribution in [2.75, 3.05) is 46.3 Å². The van der Waals surface area contributed by atoms with Gasteiger partial charge in [0.2, 0.25) is 11.8 Å². The highest BCUT2D eigenvalue weighted by Crippen LogP contribution is 2.27. The van der Waals surface area contributed by atoms with Crippen LogP contribution < -0.4 is 10.6 Å². The summed E-state index contributed by atoms with van der Waals surface area (Å²) < 4.78 is 0. The number of carbonyl (C=O) groups excluding carboxylic acids is 2. The molecule has 2 amide bonds. The smallest absolute Gasteiger partial charge is 0.227 e. The van der Waals surface area contributed by atoms with E-state index in [1.807, 2.05) is 29.2 Å². The summed E-state index contributed by atoms with van der Waals surface area (Å²) in [5.74, 6) is 1.65. The molecular formula is C23H34ClN5O2. The monoisotopic (exact) mass is 447 g/mol. The van der Waals surface area contributed by atoms with Gasteiger partial charge in [-0.1, -0.05) is 36.6 Å². The first-order valence-electron chi connectivity index (χ1n) is 11.3. The summed E-state index contributed by atoms with van der Waals surface area (Å²) in [5, 5.41) is 6.98. The second kappa shape index (κ2) is 11.9. The van der Waals surface area contributed by atoms with E-state index in [0.717, 1.165) is 24.6 Å². The Hall–Kier alpha value is -2.28. The fourth-order valence-electron chi connectivity index (χ4n) is 4.36. The summed E-state index contributed by atoms with van der Waals surface area (Å²) in [4.78, 5) is 33.1. The van der Waals surface area contributed by atoms with Crippen LogP contribution in [-0.2, 0) is 16.0 Å². The Balaban J connectivity index is 1.34. The molecule has 2 N–H and O–H groups in total. The van der Waals surface area contributed by atoms with Gasteiger partial charge in [0.25, 0.3) is 0 Å². The minimum Gasteiger partial charge on any atom is -0.354 e. The quantitative estimate of drug-likeness (QED) is 0.382. The third-order valence-electron chi connectivity index (χ3n) is 6.07. The zero-order valence-corrected chi connectivity index (χ0v) is 19.2. The van der Waals surface area contributed by atoms with Gasteiger partial charge in [0.15, 0.2) is 5.96 Å². The van der Waals surface area contributed by atoms with E-state index in [-0.39, 0.29) is 11.8 Å². The largest absolute Gasteiger partial charge is 0.354 e. The van der Waals surface area contributed by atoms with E-state index in [1.165, 1.54) is 25.7 Å². The van der Waals surface area contributed by atoms with Crippen LogP contribution in [0.1, 0.15) is 37.7 Å². The van der Waals surface area contributed by atoms with E-state index in [4.69, 9.17) is 11.6 Å². The van der Waals surface area contributed by atoms with Gasteiger partial charge in [-0.25, -0.2) is 0 Å². The predicted molar refractivity (Wildman–Crippen MR) is 124 cm³/mol. The highest BCUT2D eigenvalue weighted by molar-refractivity contribution is 6.30. The Morgan fingerprint density at radius 1 is 1.06 bits per heavy atom. The molecule has 0 bridgehead atoms. The number of benzene rings is 1. The van der Waals surface area contributed by atoms with Gasteiger partial charge in [0.1, 0.15) is 0 Å². The Morgan fingerprint density at radius 3 is 2.42 bits per heavy atom. The van der Waals surface area contributed by atoms with Gasteiger partial charge in [0.05, 0.1) is 6.42 Å². The fraction of sp³-hybridized carbons (Fsp3) is 0.609. The summed E-state index contributed by atoms with van der Waals surface area (Å²) in [7, 11) is 1.76. The van der Waals surface area contributed by atoms with Crippen molar-refractivity contribution in [2.45, 2.75) is 38.5 Å². The highest BCUT2D eigenvalue weighted by Gasteiger charge is 2.23. The normalized spacial score (nSPS) is 17.7. The number of carbonyl (C=O) groups is 2. The van der Waals surface area contributed by atoms with Crippen LogP contribution in [0.4, 0.5) is 0 Å². The number of nitrogens with one attached hydrogen (secondary N) is 2. The average molecular weight is 448 g/mol. The second-order valence-corrected chi connectivity index (χ2v) is 8.79. The van der Waals surface area contributed by atoms with E-state index in [9.17, 15) is 9.59 Å². The van der Waals surface area contributed by atoms with Crippen LogP contribution in [-0.4, -0.2) is 73.9 Å². The third kappa shape index (κ3) is 7.42. The first-order chi connectivity index (χ1) is 15.0. The van der Waals surface area contributed by atoms with Crippen molar-refractivity contribution >= 4 is 29.4 Å². The Morgan fingerprint density at radius 2 is 1.74 bits per heavy atom. The van der Waals surface area contributed by atoms with Crippen LogP contribution in [0.5, 0.6) is 0 Å². The molecule has 1 heterocycles. The van der Waals surface area contributed by atoms with Crippen molar-refractivity contribution in [3.63, 3.8) is 0 Å². The number of hydrogen-bond acceptors (Lipinski definition) is 3. The lowest BCUT2D eigenvalue weighted by molar-refractivity contribution is -0.131. The standard InChI is InChI=1S/C23H34ClN5O2/c1-25-23(27-10-9-26-21(30)16-18-5-2-3-6-18)29-13-11-28(12-14-29)22(31)17-19-7-4-8-20(24)15-19/h4,7-8,15,18H,2-3,5-6,9-14,16-17H2,1H3,(H,25,27)(H,26,30). The molecule has 0 unspecified atom stereocenters. The molecule has 0 radical (unpaired) electrons. The molecule has 7 nitrogen and oxygen atoms in total. The second-order valence-electron chi connectivity index (χ2n) is 8.35. The molecule has 1 aromatic rings. The maximum Gasteiger partial charge on any atom is 0.227 e. The summed E-state index contributed by atoms with van der Waals surface area (Å²) in [5.41, 5.74) is 0.937. The number of hydrogen-bond donors (Lipinski definition) is 2. The number of nitrogens with zero attached hydrogens (tertiary/aromatic N) is 3. The van der Waals surface area contributed by atoms with E-state index in [0.29, 0.717) is 50.0 Å². The minimum atomic E-state index is 0.120. The lowest BCUT2D eigenvalue weighted by Gasteiger charge is -2.36. The Kier molecular flexibility index (Phi) is 9.00. The van der Waals surface area contributed by atoms with Crippen molar-refractivity contribution in [3.8, 4) is 0 Å². The molecular weight excluding hydrogens is 414 g/mol. The molecule has 0 atom stereocenters. The molecule has 1 aliphatic carbocycles. The Bertz CT molecular complexity index is 771. The molecule has 0 aromatic heterocycles. The molecule has 2 aliphatic rings. The van der Waals surface area contributed by atoms with Crippen molar-refractivity contribution in [1.29, 1.82) is 0 Å². The maximum absolute atomic E-state index is 12.6. The lowest BCUT2D eigenvalue weighted by atomic mass is 10.0. The van der Waals surface area contributed by atoms with Crippen LogP contribution in [0.15, 0.2) is 29.3 Å². The van der Waals surface area contributed by atoms with Gasteiger partial charge in [-0.15, -0.1) is 0 Å². The molecule has 0 spiro atoms. The maximum atomic E-state index is 12.6. The number of halogens is 1. The fourth-order valence-corrected chi connectivity index (χ4v) is 4.57. The van der Waals surface area contributed by atoms with Crippen LogP contribution in [0.2, 0.25) is 5.02 Å². The van der Waals surface area contributed by atoms with Gasteiger partial charge in [-0.2, -0.15) is 0 Å². The van der Waals surface area contributed by atoms with Gasteiger partial charge >= 0.3 is 0 Å². The van der Waals surface area contributed by atoms with Crippen LogP contribution in [0.3, 0.4) is 0 Å². The molecule has 1 aliphatic heterocycles. The Labute approximate surface area is 190 Å². The SMILES string of the molecule is CN=C(NCCNC(=O)CC1CCCC1)N1CCN(C(=O)Cc2cccc(Cl)c2)CC1. The van der Waals surface area contributed by atoms with Gasteiger partial charge < -0.3 is 20.4 Å². The average Bonchev–Trinajstić information content (AvgIpc) is 3.27. The number of rotatable bonds is 7. The molecule has 1 aromatic carbocycles. The third-order valence-corrected chi connectivity index (χ3v) is 6.30. The topological polar surface area (TPSA) is 77.0 Å². The zero-order chi connectivity index (χ0) is 22.1. The van der Waals surface area contributed by atoms with Crippen molar-refractivity contribution < 1.29 is 9.59 Å². The lowest BCUT2D eigenvalue weighted by Crippen LogP contribution is -2.54. The van der Waals surface area contributed by atoms with Crippen molar-refractivity contribution in [2.24, 2.45) is 10.9 Å². The minimum absolute atomic E-state index is 0.120. The van der Waals surface area contributed by atoms with Crippen molar-refractivity contribution in [1.82, 2.24) is 20.4 Å². The van der Waals surface area contributed by atoms with E-state index in [1.54, 1.807) is 7.05 Å². The zero-order valence-electron chi connectivity index (χ0n) is 18.4. The van der Waals surface area contributed by atoms with E-state index < -0.39 is 0 Å². The molecule has 2 fully saturated rings. The van der Waals surface area contributed by atoms with E-state index >= 15 is 0 Å². The molecule has 170 valence electrons. The number of guanidine groups is 1. The molecule has 31 heavy (non-hydrogen) atoms. The van der Waals surface area contributed by atoms with Gasteiger partial charge in [0, 0.05) is 57.8 Å². The van der Waals surface area contributed by atoms with Gasteiger partial charge in [-0.3, -0.25) is 14.6 Å². The summed E-state index contributed by atoms with van der Waals surface area (Å²) >= 11 is 6.02. The predicted octanol–water partition coefficient (Wildman–Crippen LogP) is 2.30. The molecule has 8 heteroatoms. The number of amides is 2. The van der Waals surface area contributed by atoms with Crippen LogP contribution in [0, 0.1) is 5.92 Å².